The van der Waals surface area contributed by atoms with E-state index in [2.05, 4.69) is 121 Å². The lowest BCUT2D eigenvalue weighted by molar-refractivity contribution is 0.465. The molecule has 5 heteroatoms. The van der Waals surface area contributed by atoms with Crippen molar-refractivity contribution in [3.05, 3.63) is 118 Å². The monoisotopic (exact) mass is 583 g/mol. The standard InChI is InChI=1S/C37H41N3Si2/c1-26-20-27(2)36(28(3)21-26)40(31-10-4-8-29(22-31)34-13-12-33(24-38-34)41-16-6-17-41)32-11-5-9-30(23-32)35-14-15-37(25-39(35)37)42-18-7-19-42/h4-5,8-15,20-23,35,38H,6-7,16-19,24-25H2,1-3H3. The predicted octanol–water partition coefficient (Wildman–Crippen LogP) is 8.49. The van der Waals surface area contributed by atoms with Crippen LogP contribution in [0.15, 0.2) is 90.2 Å². The molecule has 3 saturated heterocycles. The SMILES string of the molecule is Cc1cc(C)c(N(c2cccc(C3=CC=C([Si]4CCC4)CN3)c2)c2cccc(C3C=CC4([Si]5CCC5)CN34)c2)c(C)c1. The van der Waals surface area contributed by atoms with Crippen LogP contribution >= 0.6 is 0 Å². The first-order chi connectivity index (χ1) is 20.5. The van der Waals surface area contributed by atoms with E-state index in [4.69, 9.17) is 0 Å². The number of dihydropyridines is 1. The van der Waals surface area contributed by atoms with Crippen LogP contribution in [-0.4, -0.2) is 40.7 Å². The van der Waals surface area contributed by atoms with Crippen LogP contribution < -0.4 is 10.2 Å². The topological polar surface area (TPSA) is 18.3 Å². The van der Waals surface area contributed by atoms with Crippen molar-refractivity contribution >= 4 is 40.4 Å². The third kappa shape index (κ3) is 4.40. The second-order valence-corrected chi connectivity index (χ2v) is 19.0. The number of aryl methyl sites for hydroxylation is 3. The van der Waals surface area contributed by atoms with Gasteiger partial charge in [0.2, 0.25) is 0 Å². The number of hydrogen-bond donors (Lipinski definition) is 1. The normalized spacial score (nSPS) is 26.5. The summed E-state index contributed by atoms with van der Waals surface area (Å²) in [6, 6.07) is 29.5. The molecule has 42 heavy (non-hydrogen) atoms. The fourth-order valence-electron chi connectivity index (χ4n) is 7.78. The zero-order chi connectivity index (χ0) is 28.4. The summed E-state index contributed by atoms with van der Waals surface area (Å²) in [7, 11) is -0.462. The van der Waals surface area contributed by atoms with Crippen LogP contribution in [-0.2, 0) is 0 Å². The molecule has 212 valence electrons. The van der Waals surface area contributed by atoms with Crippen molar-refractivity contribution in [3.63, 3.8) is 0 Å². The van der Waals surface area contributed by atoms with Gasteiger partial charge in [0.25, 0.3) is 0 Å². The number of nitrogens with one attached hydrogen (secondary N) is 1. The van der Waals surface area contributed by atoms with Crippen molar-refractivity contribution in [1.82, 2.24) is 10.2 Å². The molecule has 0 aromatic heterocycles. The minimum Gasteiger partial charge on any atom is -0.381 e. The van der Waals surface area contributed by atoms with E-state index in [1.165, 1.54) is 94.1 Å². The largest absolute Gasteiger partial charge is 0.381 e. The summed E-state index contributed by atoms with van der Waals surface area (Å²) in [5, 5.41) is 5.91. The third-order valence-corrected chi connectivity index (χ3v) is 17.3. The summed E-state index contributed by atoms with van der Waals surface area (Å²) in [6.07, 6.45) is 12.7. The summed E-state index contributed by atoms with van der Waals surface area (Å²) in [6.45, 7) is 9.03. The third-order valence-electron chi connectivity index (χ3n) is 10.4. The zero-order valence-electron chi connectivity index (χ0n) is 25.2. The summed E-state index contributed by atoms with van der Waals surface area (Å²) in [5.41, 5.74) is 11.6. The number of fused-ring (bicyclic) bond motifs is 1. The summed E-state index contributed by atoms with van der Waals surface area (Å²) >= 11 is 0. The Morgan fingerprint density at radius 2 is 1.60 bits per heavy atom. The van der Waals surface area contributed by atoms with Gasteiger partial charge in [-0.05, 0) is 73.4 Å². The molecule has 3 aromatic carbocycles. The number of benzene rings is 3. The van der Waals surface area contributed by atoms with Gasteiger partial charge in [0, 0.05) is 35.3 Å². The van der Waals surface area contributed by atoms with Gasteiger partial charge in [-0.25, -0.2) is 0 Å². The lowest BCUT2D eigenvalue weighted by atomic mass is 10.0. The van der Waals surface area contributed by atoms with E-state index < -0.39 is 0 Å². The Bertz CT molecular complexity index is 1620. The van der Waals surface area contributed by atoms with Crippen molar-refractivity contribution in [2.75, 3.05) is 18.0 Å². The minimum atomic E-state index is -0.239. The van der Waals surface area contributed by atoms with Crippen LogP contribution in [0.5, 0.6) is 0 Å². The molecule has 0 amide bonds. The minimum absolute atomic E-state index is 0.223. The molecule has 2 radical (unpaired) electrons. The van der Waals surface area contributed by atoms with Gasteiger partial charge >= 0.3 is 0 Å². The van der Waals surface area contributed by atoms with Crippen LogP contribution in [0.4, 0.5) is 17.1 Å². The Balaban J connectivity index is 1.17. The second-order valence-electron chi connectivity index (χ2n) is 13.1. The predicted molar refractivity (Wildman–Crippen MR) is 181 cm³/mol. The summed E-state index contributed by atoms with van der Waals surface area (Å²) in [4.78, 5) is 5.29. The van der Waals surface area contributed by atoms with Gasteiger partial charge in [-0.2, -0.15) is 0 Å². The molecule has 3 unspecified atom stereocenters. The average Bonchev–Trinajstić information content (AvgIpc) is 3.52. The molecule has 5 heterocycles. The first kappa shape index (κ1) is 26.5. The highest BCUT2D eigenvalue weighted by Crippen LogP contribution is 2.54. The molecule has 0 bridgehead atoms. The van der Waals surface area contributed by atoms with Crippen LogP contribution in [0.1, 0.15) is 46.7 Å². The van der Waals surface area contributed by atoms with Gasteiger partial charge < -0.3 is 10.2 Å². The van der Waals surface area contributed by atoms with Gasteiger partial charge in [-0.1, -0.05) is 102 Å². The molecule has 3 aromatic rings. The molecule has 3 nitrogen and oxygen atoms in total. The van der Waals surface area contributed by atoms with E-state index in [-0.39, 0.29) is 17.6 Å². The Hall–Kier alpha value is -3.13. The summed E-state index contributed by atoms with van der Waals surface area (Å²) in [5.74, 6) is 0. The van der Waals surface area contributed by atoms with Crippen molar-refractivity contribution in [2.45, 2.75) is 69.0 Å². The molecule has 0 saturated carbocycles. The summed E-state index contributed by atoms with van der Waals surface area (Å²) < 4.78 is 0. The van der Waals surface area contributed by atoms with E-state index >= 15 is 0 Å². The van der Waals surface area contributed by atoms with Crippen molar-refractivity contribution in [3.8, 4) is 0 Å². The van der Waals surface area contributed by atoms with Crippen molar-refractivity contribution in [2.24, 2.45) is 0 Å². The molecule has 1 N–H and O–H groups in total. The highest BCUT2D eigenvalue weighted by molar-refractivity contribution is 6.69. The molecule has 5 aliphatic heterocycles. The van der Waals surface area contributed by atoms with Gasteiger partial charge in [0.1, 0.15) is 0 Å². The highest BCUT2D eigenvalue weighted by Gasteiger charge is 2.62. The van der Waals surface area contributed by atoms with E-state index in [9.17, 15) is 0 Å². The average molecular weight is 584 g/mol. The van der Waals surface area contributed by atoms with Crippen LogP contribution in [0.2, 0.25) is 24.2 Å². The molecular formula is C37H41N3Si2. The lowest BCUT2D eigenvalue weighted by Gasteiger charge is -2.31. The second kappa shape index (κ2) is 10.3. The fourth-order valence-corrected chi connectivity index (χ4v) is 12.6. The number of nitrogens with zero attached hydrogens (tertiary/aromatic N) is 2. The Morgan fingerprint density at radius 3 is 2.24 bits per heavy atom. The first-order valence-electron chi connectivity index (χ1n) is 15.9. The maximum absolute atomic E-state index is 3.78. The highest BCUT2D eigenvalue weighted by atomic mass is 28.3. The Kier molecular flexibility index (Phi) is 6.47. The molecule has 0 aliphatic carbocycles. The van der Waals surface area contributed by atoms with E-state index in [0.29, 0.717) is 11.2 Å². The maximum atomic E-state index is 3.78. The maximum Gasteiger partial charge on any atom is 0.0825 e. The number of rotatable bonds is 7. The van der Waals surface area contributed by atoms with Gasteiger partial charge in [-0.15, -0.1) is 0 Å². The van der Waals surface area contributed by atoms with Crippen LogP contribution in [0.25, 0.3) is 5.70 Å². The Labute approximate surface area is 254 Å². The van der Waals surface area contributed by atoms with E-state index in [1.807, 2.05) is 0 Å². The molecule has 8 rings (SSSR count). The smallest absolute Gasteiger partial charge is 0.0825 e. The van der Waals surface area contributed by atoms with E-state index in [1.54, 1.807) is 5.20 Å². The lowest BCUT2D eigenvalue weighted by Crippen LogP contribution is -2.40. The van der Waals surface area contributed by atoms with Gasteiger partial charge in [-0.3, -0.25) is 4.90 Å². The van der Waals surface area contributed by atoms with Crippen LogP contribution in [0.3, 0.4) is 0 Å². The zero-order valence-corrected chi connectivity index (χ0v) is 27.2. The quantitative estimate of drug-likeness (QED) is 0.171. The molecule has 0 spiro atoms. The number of allylic oxidation sites excluding steroid dienone is 2. The van der Waals surface area contributed by atoms with Crippen molar-refractivity contribution in [1.29, 1.82) is 0 Å². The molecule has 3 atom stereocenters. The number of hydrogen-bond acceptors (Lipinski definition) is 3. The van der Waals surface area contributed by atoms with E-state index in [0.717, 1.165) is 6.54 Å². The van der Waals surface area contributed by atoms with Crippen molar-refractivity contribution < 1.29 is 0 Å². The number of anilines is 3. The van der Waals surface area contributed by atoms with Gasteiger partial charge in [0.05, 0.1) is 29.3 Å². The first-order valence-corrected chi connectivity index (χ1v) is 19.7. The van der Waals surface area contributed by atoms with Gasteiger partial charge in [0.15, 0.2) is 0 Å². The Morgan fingerprint density at radius 1 is 0.857 bits per heavy atom. The molecule has 5 aliphatic rings. The fraction of sp³-hybridized carbons (Fsp3) is 0.351. The molecular weight excluding hydrogens is 543 g/mol. The molecule has 3 fully saturated rings. The van der Waals surface area contributed by atoms with Crippen LogP contribution in [0, 0.1) is 20.8 Å².